The Morgan fingerprint density at radius 3 is 1.82 bits per heavy atom. The van der Waals surface area contributed by atoms with Gasteiger partial charge in [0.25, 0.3) is 5.91 Å². The van der Waals surface area contributed by atoms with Crippen molar-refractivity contribution in [2.45, 2.75) is 61.7 Å². The van der Waals surface area contributed by atoms with E-state index < -0.39 is 104 Å². The van der Waals surface area contributed by atoms with E-state index in [1.807, 2.05) is 0 Å². The van der Waals surface area contributed by atoms with Gasteiger partial charge in [-0.05, 0) is 5.56 Å². The van der Waals surface area contributed by atoms with Crippen LogP contribution in [-0.4, -0.2) is 104 Å². The molecule has 0 fully saturated rings. The highest BCUT2D eigenvalue weighted by molar-refractivity contribution is 5.94. The van der Waals surface area contributed by atoms with E-state index in [1.54, 1.807) is 18.2 Å². The van der Waals surface area contributed by atoms with Gasteiger partial charge in [0.15, 0.2) is 6.10 Å². The predicted octanol–water partition coefficient (Wildman–Crippen LogP) is -5.56. The number of primary amides is 2. The largest absolute Gasteiger partial charge is 0.481 e. The summed E-state index contributed by atoms with van der Waals surface area (Å²) in [4.78, 5) is 71.0. The third-order valence-corrected chi connectivity index (χ3v) is 5.57. The zero-order valence-electron chi connectivity index (χ0n) is 21.2. The number of carbonyl (C=O) groups is 6. The molecule has 222 valence electrons. The minimum atomic E-state index is -2.35. The molecule has 0 unspecified atom stereocenters. The van der Waals surface area contributed by atoms with Gasteiger partial charge in [0.2, 0.25) is 23.6 Å². The maximum atomic E-state index is 12.7. The zero-order chi connectivity index (χ0) is 30.6. The smallest absolute Gasteiger partial charge is 0.305 e. The van der Waals surface area contributed by atoms with Crippen molar-refractivity contribution in [3.8, 4) is 0 Å². The lowest BCUT2D eigenvalue weighted by Crippen LogP contribution is -2.60. The number of hydrogen-bond donors (Lipinski definition) is 11. The fraction of sp³-hybridized carbons (Fsp3) is 0.478. The van der Waals surface area contributed by atoms with Gasteiger partial charge in [-0.15, -0.1) is 0 Å². The second kappa shape index (κ2) is 16.1. The molecule has 7 atom stereocenters. The Balaban J connectivity index is 2.96. The summed E-state index contributed by atoms with van der Waals surface area (Å²) in [7, 11) is 0. The monoisotopic (exact) mass is 570 g/mol. The van der Waals surface area contributed by atoms with Crippen molar-refractivity contribution in [2.75, 3.05) is 6.61 Å². The standard InChI is InChI=1S/C23H34N6O11/c24-11(6-15(25)31)21(38)28-13(7-16(26)32)22(39)29-14(9-30)18(35)19(36)20(37)23(40)27-12(8-17(33)34)10-4-2-1-3-5-10/h1-5,11-14,18-20,30,35-37H,6-9,24H2,(H2,25,31)(H2,26,32)(H,27,40)(H,28,38)(H,29,39)(H,33,34)/t11-,12-,13-,14-,18+,19+,20-/m0/s1. The number of benzene rings is 1. The number of carboxylic acids is 1. The van der Waals surface area contributed by atoms with Crippen LogP contribution in [0.25, 0.3) is 0 Å². The summed E-state index contributed by atoms with van der Waals surface area (Å²) in [6.45, 7) is -1.05. The Hall–Kier alpha value is -4.16. The van der Waals surface area contributed by atoms with E-state index >= 15 is 0 Å². The molecule has 0 aliphatic rings. The van der Waals surface area contributed by atoms with Gasteiger partial charge in [-0.2, -0.15) is 0 Å². The van der Waals surface area contributed by atoms with Crippen molar-refractivity contribution in [3.63, 3.8) is 0 Å². The van der Waals surface area contributed by atoms with Crippen LogP contribution in [0.5, 0.6) is 0 Å². The number of aliphatic hydroxyl groups is 4. The molecule has 17 nitrogen and oxygen atoms in total. The van der Waals surface area contributed by atoms with Crippen molar-refractivity contribution in [3.05, 3.63) is 35.9 Å². The third-order valence-electron chi connectivity index (χ3n) is 5.57. The molecule has 0 saturated carbocycles. The van der Waals surface area contributed by atoms with Gasteiger partial charge in [0, 0.05) is 0 Å². The van der Waals surface area contributed by atoms with Gasteiger partial charge >= 0.3 is 5.97 Å². The first-order chi connectivity index (χ1) is 18.7. The number of aliphatic hydroxyl groups excluding tert-OH is 4. The molecule has 0 aliphatic heterocycles. The first-order valence-corrected chi connectivity index (χ1v) is 11.8. The van der Waals surface area contributed by atoms with Gasteiger partial charge in [-0.1, -0.05) is 30.3 Å². The van der Waals surface area contributed by atoms with E-state index in [1.165, 1.54) is 12.1 Å². The number of carboxylic acid groups (broad SMARTS) is 1. The van der Waals surface area contributed by atoms with Crippen LogP contribution in [0.2, 0.25) is 0 Å². The number of amides is 5. The van der Waals surface area contributed by atoms with Gasteiger partial charge in [-0.3, -0.25) is 28.8 Å². The summed E-state index contributed by atoms with van der Waals surface area (Å²) in [5.74, 6) is -6.76. The van der Waals surface area contributed by atoms with E-state index in [2.05, 4.69) is 16.0 Å². The molecule has 0 radical (unpaired) electrons. The minimum Gasteiger partial charge on any atom is -0.481 e. The first kappa shape index (κ1) is 33.9. The molecule has 0 aliphatic carbocycles. The maximum Gasteiger partial charge on any atom is 0.305 e. The highest BCUT2D eigenvalue weighted by Crippen LogP contribution is 2.17. The Bertz CT molecular complexity index is 1060. The normalized spacial score (nSPS) is 16.2. The molecule has 0 saturated heterocycles. The molecule has 0 bridgehead atoms. The second-order valence-electron chi connectivity index (χ2n) is 8.80. The van der Waals surface area contributed by atoms with E-state index in [0.717, 1.165) is 0 Å². The number of aliphatic carboxylic acids is 1. The lowest BCUT2D eigenvalue weighted by Gasteiger charge is -2.30. The summed E-state index contributed by atoms with van der Waals surface area (Å²) in [6, 6.07) is 1.82. The minimum absolute atomic E-state index is 0.374. The predicted molar refractivity (Wildman–Crippen MR) is 134 cm³/mol. The molecule has 17 heteroatoms. The summed E-state index contributed by atoms with van der Waals surface area (Å²) in [6.07, 6.45) is -8.79. The van der Waals surface area contributed by atoms with Crippen LogP contribution in [0, 0.1) is 0 Å². The van der Waals surface area contributed by atoms with Gasteiger partial charge in [0.05, 0.1) is 44.0 Å². The number of carbonyl (C=O) groups excluding carboxylic acids is 5. The summed E-state index contributed by atoms with van der Waals surface area (Å²) in [5.41, 5.74) is 15.9. The summed E-state index contributed by atoms with van der Waals surface area (Å²) in [5, 5.41) is 56.3. The highest BCUT2D eigenvalue weighted by atomic mass is 16.4. The molecule has 1 aromatic rings. The molecular formula is C23H34N6O11. The Labute approximate surface area is 227 Å². The lowest BCUT2D eigenvalue weighted by molar-refractivity contribution is -0.145. The number of rotatable bonds is 17. The van der Waals surface area contributed by atoms with Crippen LogP contribution in [-0.2, 0) is 28.8 Å². The molecule has 0 spiro atoms. The van der Waals surface area contributed by atoms with Crippen molar-refractivity contribution >= 4 is 35.5 Å². The van der Waals surface area contributed by atoms with E-state index in [-0.39, 0.29) is 0 Å². The number of nitrogens with two attached hydrogens (primary N) is 3. The molecule has 40 heavy (non-hydrogen) atoms. The maximum absolute atomic E-state index is 12.7. The first-order valence-electron chi connectivity index (χ1n) is 11.8. The average Bonchev–Trinajstić information content (AvgIpc) is 2.88. The zero-order valence-corrected chi connectivity index (χ0v) is 21.2. The quantitative estimate of drug-likeness (QED) is 0.0835. The van der Waals surface area contributed by atoms with Crippen LogP contribution in [0.15, 0.2) is 30.3 Å². The van der Waals surface area contributed by atoms with Gasteiger partial charge < -0.3 is 58.7 Å². The molecule has 0 heterocycles. The molecule has 1 rings (SSSR count). The number of hydrogen-bond acceptors (Lipinski definition) is 11. The number of nitrogens with one attached hydrogen (secondary N) is 3. The third kappa shape index (κ3) is 10.9. The molecule has 0 aromatic heterocycles. The Morgan fingerprint density at radius 2 is 1.32 bits per heavy atom. The van der Waals surface area contributed by atoms with Crippen LogP contribution in [0.3, 0.4) is 0 Å². The fourth-order valence-corrected chi connectivity index (χ4v) is 3.47. The molecule has 14 N–H and O–H groups in total. The van der Waals surface area contributed by atoms with Crippen molar-refractivity contribution in [2.24, 2.45) is 17.2 Å². The van der Waals surface area contributed by atoms with E-state index in [0.29, 0.717) is 5.56 Å². The molecule has 5 amide bonds. The van der Waals surface area contributed by atoms with Crippen LogP contribution in [0.4, 0.5) is 0 Å². The average molecular weight is 571 g/mol. The van der Waals surface area contributed by atoms with E-state index in [4.69, 9.17) is 22.3 Å². The molecular weight excluding hydrogens is 536 g/mol. The second-order valence-corrected chi connectivity index (χ2v) is 8.80. The van der Waals surface area contributed by atoms with E-state index in [9.17, 15) is 49.2 Å². The van der Waals surface area contributed by atoms with Crippen LogP contribution < -0.4 is 33.2 Å². The summed E-state index contributed by atoms with van der Waals surface area (Å²) >= 11 is 0. The fourth-order valence-electron chi connectivity index (χ4n) is 3.47. The van der Waals surface area contributed by atoms with Gasteiger partial charge in [-0.25, -0.2) is 0 Å². The van der Waals surface area contributed by atoms with Crippen molar-refractivity contribution < 1.29 is 54.3 Å². The Kier molecular flexibility index (Phi) is 13.6. The van der Waals surface area contributed by atoms with Crippen LogP contribution in [0.1, 0.15) is 30.9 Å². The summed E-state index contributed by atoms with van der Waals surface area (Å²) < 4.78 is 0. The topological polar surface area (TPSA) is 318 Å². The SMILES string of the molecule is NC(=O)C[C@H](NC(=O)[C@@H](N)CC(N)=O)C(=O)N[C@@H](CO)[C@@H](O)[C@@H](O)[C@H](O)C(=O)N[C@@H](CC(=O)O)c1ccccc1. The molecule has 1 aromatic carbocycles. The van der Waals surface area contributed by atoms with Crippen molar-refractivity contribution in [1.29, 1.82) is 0 Å². The Morgan fingerprint density at radius 1 is 0.750 bits per heavy atom. The van der Waals surface area contributed by atoms with Crippen LogP contribution >= 0.6 is 0 Å². The lowest BCUT2D eigenvalue weighted by atomic mass is 9.98. The highest BCUT2D eigenvalue weighted by Gasteiger charge is 2.38. The van der Waals surface area contributed by atoms with Gasteiger partial charge in [0.1, 0.15) is 18.2 Å². The van der Waals surface area contributed by atoms with Crippen molar-refractivity contribution in [1.82, 2.24) is 16.0 Å².